The van der Waals surface area contributed by atoms with E-state index in [1.807, 2.05) is 42.5 Å². The van der Waals surface area contributed by atoms with Gasteiger partial charge in [-0.3, -0.25) is 9.59 Å². The van der Waals surface area contributed by atoms with Crippen LogP contribution in [0.2, 0.25) is 5.02 Å². The maximum absolute atomic E-state index is 13.5. The SMILES string of the molecule is C=CCCCCC(=O)N(Cc1ccc(Cl)cc1)C1C=C(C(=O)NCCO)C2c3ccccc3OC2C1O. The van der Waals surface area contributed by atoms with E-state index in [1.165, 1.54) is 0 Å². The number of benzene rings is 2. The van der Waals surface area contributed by atoms with Crippen LogP contribution in [0, 0.1) is 0 Å². The fraction of sp³-hybridized carbons (Fsp3) is 0.379. The molecular formula is C29H33ClN2O5. The van der Waals surface area contributed by atoms with E-state index in [2.05, 4.69) is 11.9 Å². The van der Waals surface area contributed by atoms with Gasteiger partial charge in [0, 0.05) is 35.7 Å². The van der Waals surface area contributed by atoms with E-state index >= 15 is 0 Å². The number of unbranched alkanes of at least 4 members (excludes halogenated alkanes) is 2. The summed E-state index contributed by atoms with van der Waals surface area (Å²) in [6.07, 6.45) is 4.38. The molecule has 3 N–H and O–H groups in total. The Morgan fingerprint density at radius 2 is 1.89 bits per heavy atom. The molecule has 4 rings (SSSR count). The number of aliphatic hydroxyl groups excluding tert-OH is 2. The van der Waals surface area contributed by atoms with Gasteiger partial charge in [-0.1, -0.05) is 48.0 Å². The summed E-state index contributed by atoms with van der Waals surface area (Å²) in [5.41, 5.74) is 2.09. The van der Waals surface area contributed by atoms with Crippen molar-refractivity contribution in [2.75, 3.05) is 13.2 Å². The van der Waals surface area contributed by atoms with Gasteiger partial charge in [-0.25, -0.2) is 0 Å². The summed E-state index contributed by atoms with van der Waals surface area (Å²) in [7, 11) is 0. The maximum Gasteiger partial charge on any atom is 0.247 e. The number of aliphatic hydroxyl groups is 2. The number of halogens is 1. The topological polar surface area (TPSA) is 99.1 Å². The summed E-state index contributed by atoms with van der Waals surface area (Å²) in [6.45, 7) is 3.88. The second-order valence-electron chi connectivity index (χ2n) is 9.36. The van der Waals surface area contributed by atoms with E-state index in [0.717, 1.165) is 24.0 Å². The molecule has 0 bridgehead atoms. The molecule has 0 radical (unpaired) electrons. The standard InChI is InChI=1S/C29H33ClN2O5/c1-2-3-4-5-10-25(34)32(18-19-11-13-20(30)14-12-19)23-17-22(29(36)31-15-16-33)26-21-8-6-7-9-24(21)37-28(26)27(23)35/h2,6-9,11-14,17,23,26-28,33,35H,1,3-5,10,15-16,18H2,(H,31,36). The second kappa shape index (κ2) is 12.4. The molecule has 37 heavy (non-hydrogen) atoms. The zero-order valence-corrected chi connectivity index (χ0v) is 21.4. The average Bonchev–Trinajstić information content (AvgIpc) is 3.30. The first-order chi connectivity index (χ1) is 17.9. The molecule has 0 spiro atoms. The quantitative estimate of drug-likeness (QED) is 0.307. The van der Waals surface area contributed by atoms with Crippen LogP contribution < -0.4 is 10.1 Å². The van der Waals surface area contributed by atoms with Crippen LogP contribution >= 0.6 is 11.6 Å². The third kappa shape index (κ3) is 6.06. The van der Waals surface area contributed by atoms with Crippen molar-refractivity contribution in [1.29, 1.82) is 0 Å². The summed E-state index contributed by atoms with van der Waals surface area (Å²) in [5.74, 6) is -0.353. The molecule has 0 saturated carbocycles. The lowest BCUT2D eigenvalue weighted by molar-refractivity contribution is -0.138. The van der Waals surface area contributed by atoms with E-state index in [0.29, 0.717) is 29.2 Å². The zero-order chi connectivity index (χ0) is 26.4. The van der Waals surface area contributed by atoms with Crippen molar-refractivity contribution < 1.29 is 24.5 Å². The maximum atomic E-state index is 13.5. The third-order valence-electron chi connectivity index (χ3n) is 6.87. The smallest absolute Gasteiger partial charge is 0.247 e. The predicted octanol–water partition coefficient (Wildman–Crippen LogP) is 3.74. The first-order valence-corrected chi connectivity index (χ1v) is 13.0. The number of amides is 2. The Kier molecular flexibility index (Phi) is 9.03. The number of hydrogen-bond acceptors (Lipinski definition) is 5. The number of hydrogen-bond donors (Lipinski definition) is 3. The van der Waals surface area contributed by atoms with Crippen LogP contribution in [0.5, 0.6) is 5.75 Å². The number of para-hydroxylation sites is 1. The lowest BCUT2D eigenvalue weighted by atomic mass is 9.77. The summed E-state index contributed by atoms with van der Waals surface area (Å²) < 4.78 is 6.16. The zero-order valence-electron chi connectivity index (χ0n) is 20.7. The minimum Gasteiger partial charge on any atom is -0.486 e. The van der Waals surface area contributed by atoms with Crippen LogP contribution in [0.15, 0.2) is 72.8 Å². The Morgan fingerprint density at radius 3 is 2.62 bits per heavy atom. The average molecular weight is 525 g/mol. The molecular weight excluding hydrogens is 492 g/mol. The number of ether oxygens (including phenoxy) is 1. The molecule has 196 valence electrons. The second-order valence-corrected chi connectivity index (χ2v) is 9.80. The number of allylic oxidation sites excluding steroid dienone is 1. The molecule has 2 aromatic rings. The van der Waals surface area contributed by atoms with E-state index in [9.17, 15) is 19.8 Å². The molecule has 8 heteroatoms. The van der Waals surface area contributed by atoms with Gasteiger partial charge >= 0.3 is 0 Å². The molecule has 4 atom stereocenters. The summed E-state index contributed by atoms with van der Waals surface area (Å²) in [4.78, 5) is 28.4. The highest BCUT2D eigenvalue weighted by molar-refractivity contribution is 6.30. The van der Waals surface area contributed by atoms with Crippen LogP contribution in [0.3, 0.4) is 0 Å². The van der Waals surface area contributed by atoms with Gasteiger partial charge in [0.2, 0.25) is 11.8 Å². The molecule has 1 heterocycles. The van der Waals surface area contributed by atoms with Crippen LogP contribution in [0.1, 0.15) is 42.7 Å². The van der Waals surface area contributed by atoms with Crippen molar-refractivity contribution in [2.24, 2.45) is 0 Å². The van der Waals surface area contributed by atoms with Crippen molar-refractivity contribution >= 4 is 23.4 Å². The third-order valence-corrected chi connectivity index (χ3v) is 7.12. The van der Waals surface area contributed by atoms with Gasteiger partial charge in [0.05, 0.1) is 18.6 Å². The molecule has 0 saturated heterocycles. The van der Waals surface area contributed by atoms with Gasteiger partial charge < -0.3 is 25.2 Å². The number of fused-ring (bicyclic) bond motifs is 3. The largest absolute Gasteiger partial charge is 0.486 e. The Labute approximate surface area is 222 Å². The highest BCUT2D eigenvalue weighted by Gasteiger charge is 2.50. The highest BCUT2D eigenvalue weighted by atomic mass is 35.5. The van der Waals surface area contributed by atoms with Crippen molar-refractivity contribution in [2.45, 2.75) is 56.4 Å². The molecule has 2 amide bonds. The Hall–Kier alpha value is -3.13. The predicted molar refractivity (Wildman–Crippen MR) is 142 cm³/mol. The summed E-state index contributed by atoms with van der Waals surface area (Å²) in [6, 6.07) is 13.8. The summed E-state index contributed by atoms with van der Waals surface area (Å²) >= 11 is 6.06. The highest BCUT2D eigenvalue weighted by Crippen LogP contribution is 2.47. The normalized spacial score (nSPS) is 21.8. The minimum absolute atomic E-state index is 0.0972. The lowest BCUT2D eigenvalue weighted by Crippen LogP contribution is -2.55. The number of carbonyl (C=O) groups excluding carboxylic acids is 2. The molecule has 0 aromatic heterocycles. The van der Waals surface area contributed by atoms with Gasteiger partial charge in [-0.05, 0) is 49.1 Å². The molecule has 2 aliphatic rings. The van der Waals surface area contributed by atoms with Gasteiger partial charge in [-0.2, -0.15) is 0 Å². The Bertz CT molecular complexity index is 1150. The van der Waals surface area contributed by atoms with Gasteiger partial charge in [0.25, 0.3) is 0 Å². The van der Waals surface area contributed by atoms with E-state index in [4.69, 9.17) is 16.3 Å². The van der Waals surface area contributed by atoms with Crippen LogP contribution in [-0.4, -0.2) is 58.3 Å². The van der Waals surface area contributed by atoms with E-state index in [-0.39, 0.29) is 31.5 Å². The van der Waals surface area contributed by atoms with Crippen molar-refractivity contribution in [1.82, 2.24) is 10.2 Å². The van der Waals surface area contributed by atoms with Crippen molar-refractivity contribution in [3.8, 4) is 5.75 Å². The monoisotopic (exact) mass is 524 g/mol. The molecule has 4 unspecified atom stereocenters. The number of carbonyl (C=O) groups is 2. The number of rotatable bonds is 11. The van der Waals surface area contributed by atoms with E-state index in [1.54, 1.807) is 23.1 Å². The molecule has 1 aliphatic heterocycles. The minimum atomic E-state index is -1.06. The first-order valence-electron chi connectivity index (χ1n) is 12.6. The fourth-order valence-electron chi connectivity index (χ4n) is 5.05. The van der Waals surface area contributed by atoms with Crippen LogP contribution in [0.25, 0.3) is 0 Å². The molecule has 1 aliphatic carbocycles. The molecule has 2 aromatic carbocycles. The lowest BCUT2D eigenvalue weighted by Gasteiger charge is -2.41. The Morgan fingerprint density at radius 1 is 1.14 bits per heavy atom. The van der Waals surface area contributed by atoms with E-state index < -0.39 is 24.2 Å². The van der Waals surface area contributed by atoms with Gasteiger partial charge in [-0.15, -0.1) is 6.58 Å². The van der Waals surface area contributed by atoms with Crippen LogP contribution in [0.4, 0.5) is 0 Å². The molecule has 7 nitrogen and oxygen atoms in total. The van der Waals surface area contributed by atoms with Gasteiger partial charge in [0.15, 0.2) is 0 Å². The van der Waals surface area contributed by atoms with Crippen molar-refractivity contribution in [3.63, 3.8) is 0 Å². The van der Waals surface area contributed by atoms with Gasteiger partial charge in [0.1, 0.15) is 18.0 Å². The fourth-order valence-corrected chi connectivity index (χ4v) is 5.17. The van der Waals surface area contributed by atoms with Crippen molar-refractivity contribution in [3.05, 3.63) is 89.0 Å². The van der Waals surface area contributed by atoms with Crippen LogP contribution in [-0.2, 0) is 16.1 Å². The summed E-state index contributed by atoms with van der Waals surface area (Å²) in [5, 5.41) is 24.1. The number of nitrogens with one attached hydrogen (secondary N) is 1. The molecule has 0 fully saturated rings. The first kappa shape index (κ1) is 26.9. The Balaban J connectivity index is 1.70. The number of nitrogens with zero attached hydrogens (tertiary/aromatic N) is 1.